The molecule has 2 heterocycles. The third kappa shape index (κ3) is 4.65. The van der Waals surface area contributed by atoms with Gasteiger partial charge in [0.05, 0.1) is 0 Å². The van der Waals surface area contributed by atoms with E-state index < -0.39 is 0 Å². The summed E-state index contributed by atoms with van der Waals surface area (Å²) >= 11 is 0. The Morgan fingerprint density at radius 1 is 1.16 bits per heavy atom. The van der Waals surface area contributed by atoms with E-state index >= 15 is 0 Å². The molecule has 6 heteroatoms. The lowest BCUT2D eigenvalue weighted by Crippen LogP contribution is -2.37. The van der Waals surface area contributed by atoms with Crippen molar-refractivity contribution >= 4 is 0 Å². The molecule has 2 aromatic heterocycles. The fourth-order valence-corrected chi connectivity index (χ4v) is 4.78. The van der Waals surface area contributed by atoms with Crippen LogP contribution in [0.2, 0.25) is 0 Å². The van der Waals surface area contributed by atoms with Crippen molar-refractivity contribution in [2.45, 2.75) is 79.7 Å². The van der Waals surface area contributed by atoms with E-state index in [-0.39, 0.29) is 5.54 Å². The molecule has 3 aromatic rings. The van der Waals surface area contributed by atoms with Crippen molar-refractivity contribution in [3.8, 4) is 23.0 Å². The summed E-state index contributed by atoms with van der Waals surface area (Å²) in [6.45, 7) is 16.5. The normalized spacial score (nSPS) is 15.8. The maximum absolute atomic E-state index is 5.70. The van der Waals surface area contributed by atoms with Crippen molar-refractivity contribution in [3.63, 3.8) is 0 Å². The van der Waals surface area contributed by atoms with Gasteiger partial charge in [0.1, 0.15) is 0 Å². The molecule has 0 spiro atoms. The van der Waals surface area contributed by atoms with Gasteiger partial charge in [-0.25, -0.2) is 0 Å². The maximum atomic E-state index is 5.70. The molecule has 1 aliphatic rings. The zero-order valence-electron chi connectivity index (χ0n) is 20.9. The lowest BCUT2D eigenvalue weighted by Gasteiger charge is -2.29. The van der Waals surface area contributed by atoms with E-state index in [1.54, 1.807) is 0 Å². The molecule has 0 atom stereocenters. The van der Waals surface area contributed by atoms with Crippen LogP contribution in [0.25, 0.3) is 23.0 Å². The number of nitrogens with zero attached hydrogens (tertiary/aromatic N) is 4. The molecule has 6 nitrogen and oxygen atoms in total. The van der Waals surface area contributed by atoms with Gasteiger partial charge in [0.15, 0.2) is 5.69 Å². The summed E-state index contributed by atoms with van der Waals surface area (Å²) in [4.78, 5) is 4.75. The number of nitrogens with one attached hydrogen (secondary N) is 1. The molecule has 4 rings (SSSR count). The molecule has 0 radical (unpaired) electrons. The Morgan fingerprint density at radius 3 is 2.50 bits per heavy atom. The predicted molar refractivity (Wildman–Crippen MR) is 129 cm³/mol. The standard InChI is InChI=1S/C26H37N5O/c1-16-13-18(14-17(2)19(16)10-12-27-25(3,4)5)23-28-24(32-30-23)22-20-9-11-26(6,7)15-21(20)31(8)29-22/h13-14,27H,9-12,15H2,1-8H3. The van der Waals surface area contributed by atoms with Crippen LogP contribution in [0.5, 0.6) is 0 Å². The molecule has 1 aliphatic carbocycles. The zero-order valence-corrected chi connectivity index (χ0v) is 20.9. The summed E-state index contributed by atoms with van der Waals surface area (Å²) < 4.78 is 7.69. The third-order valence-electron chi connectivity index (χ3n) is 6.59. The molecular formula is C26H37N5O. The first-order valence-corrected chi connectivity index (χ1v) is 11.7. The summed E-state index contributed by atoms with van der Waals surface area (Å²) in [5.74, 6) is 1.14. The van der Waals surface area contributed by atoms with Crippen LogP contribution >= 0.6 is 0 Å². The van der Waals surface area contributed by atoms with Gasteiger partial charge in [0.25, 0.3) is 5.89 Å². The van der Waals surface area contributed by atoms with E-state index in [4.69, 9.17) is 14.6 Å². The number of hydrogen-bond donors (Lipinski definition) is 1. The van der Waals surface area contributed by atoms with Gasteiger partial charge in [0.2, 0.25) is 5.82 Å². The van der Waals surface area contributed by atoms with Gasteiger partial charge in [-0.15, -0.1) is 0 Å². The van der Waals surface area contributed by atoms with Crippen LogP contribution in [0, 0.1) is 19.3 Å². The molecule has 32 heavy (non-hydrogen) atoms. The molecule has 0 saturated carbocycles. The molecule has 0 amide bonds. The van der Waals surface area contributed by atoms with E-state index in [0.717, 1.165) is 43.5 Å². The number of benzene rings is 1. The van der Waals surface area contributed by atoms with Crippen molar-refractivity contribution in [3.05, 3.63) is 40.1 Å². The molecule has 1 N–H and O–H groups in total. The van der Waals surface area contributed by atoms with E-state index in [2.05, 4.69) is 71.1 Å². The summed E-state index contributed by atoms with van der Waals surface area (Å²) in [5.41, 5.74) is 8.73. The first-order chi connectivity index (χ1) is 14.9. The number of aromatic nitrogens is 4. The number of rotatable bonds is 5. The van der Waals surface area contributed by atoms with Crippen molar-refractivity contribution in [1.82, 2.24) is 25.2 Å². The van der Waals surface area contributed by atoms with Gasteiger partial charge in [-0.3, -0.25) is 4.68 Å². The Morgan fingerprint density at radius 2 is 1.84 bits per heavy atom. The van der Waals surface area contributed by atoms with Crippen molar-refractivity contribution in [2.75, 3.05) is 6.54 Å². The maximum Gasteiger partial charge on any atom is 0.279 e. The highest BCUT2D eigenvalue weighted by Crippen LogP contribution is 2.38. The van der Waals surface area contributed by atoms with Crippen LogP contribution in [-0.4, -0.2) is 32.0 Å². The van der Waals surface area contributed by atoms with Gasteiger partial charge in [-0.05, 0) is 101 Å². The van der Waals surface area contributed by atoms with E-state index in [9.17, 15) is 0 Å². The number of fused-ring (bicyclic) bond motifs is 1. The second kappa shape index (κ2) is 8.14. The van der Waals surface area contributed by atoms with Crippen molar-refractivity contribution < 1.29 is 4.52 Å². The van der Waals surface area contributed by atoms with E-state index in [1.165, 1.54) is 27.9 Å². The summed E-state index contributed by atoms with van der Waals surface area (Å²) in [6, 6.07) is 4.34. The SMILES string of the molecule is Cc1cc(-c2noc(-c3nn(C)c4c3CCC(C)(C)C4)n2)cc(C)c1CCNC(C)(C)C. The smallest absolute Gasteiger partial charge is 0.279 e. The molecule has 1 aromatic carbocycles. The summed E-state index contributed by atoms with van der Waals surface area (Å²) in [6.07, 6.45) is 4.17. The van der Waals surface area contributed by atoms with E-state index in [0.29, 0.717) is 17.1 Å². The summed E-state index contributed by atoms with van der Waals surface area (Å²) in [7, 11) is 2.01. The Hall–Kier alpha value is -2.47. The molecule has 0 unspecified atom stereocenters. The highest BCUT2D eigenvalue weighted by Gasteiger charge is 2.32. The lowest BCUT2D eigenvalue weighted by molar-refractivity contribution is 0.306. The first kappa shape index (κ1) is 22.7. The largest absolute Gasteiger partial charge is 0.332 e. The van der Waals surface area contributed by atoms with Gasteiger partial charge in [-0.2, -0.15) is 10.1 Å². The van der Waals surface area contributed by atoms with Crippen LogP contribution < -0.4 is 5.32 Å². The van der Waals surface area contributed by atoms with Crippen LogP contribution in [0.15, 0.2) is 16.7 Å². The van der Waals surface area contributed by atoms with Crippen molar-refractivity contribution in [2.24, 2.45) is 12.5 Å². The number of aryl methyl sites for hydroxylation is 3. The molecule has 172 valence electrons. The fourth-order valence-electron chi connectivity index (χ4n) is 4.78. The minimum absolute atomic E-state index is 0.128. The second-order valence-corrected chi connectivity index (χ2v) is 11.2. The fraction of sp³-hybridized carbons (Fsp3) is 0.577. The van der Waals surface area contributed by atoms with Gasteiger partial charge < -0.3 is 9.84 Å². The highest BCUT2D eigenvalue weighted by atomic mass is 16.5. The van der Waals surface area contributed by atoms with Gasteiger partial charge >= 0.3 is 0 Å². The zero-order chi connectivity index (χ0) is 23.3. The predicted octanol–water partition coefficient (Wildman–Crippen LogP) is 5.20. The molecule has 0 fully saturated rings. The Balaban J connectivity index is 1.59. The molecule has 0 saturated heterocycles. The topological polar surface area (TPSA) is 68.8 Å². The average Bonchev–Trinajstić information content (AvgIpc) is 3.27. The van der Waals surface area contributed by atoms with Crippen LogP contribution in [0.4, 0.5) is 0 Å². The van der Waals surface area contributed by atoms with Crippen molar-refractivity contribution in [1.29, 1.82) is 0 Å². The third-order valence-corrected chi connectivity index (χ3v) is 6.59. The quantitative estimate of drug-likeness (QED) is 0.597. The van der Waals surface area contributed by atoms with Crippen LogP contribution in [0.1, 0.15) is 69.0 Å². The second-order valence-electron chi connectivity index (χ2n) is 11.2. The Labute approximate surface area is 191 Å². The average molecular weight is 436 g/mol. The molecule has 0 bridgehead atoms. The van der Waals surface area contributed by atoms with Gasteiger partial charge in [-0.1, -0.05) is 19.0 Å². The minimum Gasteiger partial charge on any atom is -0.332 e. The minimum atomic E-state index is 0.128. The molecule has 0 aliphatic heterocycles. The Kier molecular flexibility index (Phi) is 5.78. The highest BCUT2D eigenvalue weighted by molar-refractivity contribution is 5.63. The lowest BCUT2D eigenvalue weighted by atomic mass is 9.76. The monoisotopic (exact) mass is 435 g/mol. The Bertz CT molecular complexity index is 1110. The number of hydrogen-bond acceptors (Lipinski definition) is 5. The summed E-state index contributed by atoms with van der Waals surface area (Å²) in [5, 5.41) is 12.6. The van der Waals surface area contributed by atoms with E-state index in [1.807, 2.05) is 11.7 Å². The van der Waals surface area contributed by atoms with Crippen LogP contribution in [0.3, 0.4) is 0 Å². The van der Waals surface area contributed by atoms with Crippen LogP contribution in [-0.2, 0) is 26.3 Å². The first-order valence-electron chi connectivity index (χ1n) is 11.7. The molecular weight excluding hydrogens is 398 g/mol. The van der Waals surface area contributed by atoms with Gasteiger partial charge in [0, 0.05) is 29.4 Å².